The molecule has 19 heavy (non-hydrogen) atoms. The Hall–Kier alpha value is -1.58. The Bertz CT molecular complexity index is 469. The molecule has 0 amide bonds. The van der Waals surface area contributed by atoms with Crippen LogP contribution in [0.2, 0.25) is 0 Å². The van der Waals surface area contributed by atoms with Crippen molar-refractivity contribution in [1.29, 1.82) is 0 Å². The third kappa shape index (κ3) is 2.57. The summed E-state index contributed by atoms with van der Waals surface area (Å²) < 4.78 is 5.47. The number of aliphatic carboxylic acids is 1. The van der Waals surface area contributed by atoms with Crippen LogP contribution in [0.15, 0.2) is 22.8 Å². The lowest BCUT2D eigenvalue weighted by Gasteiger charge is -2.30. The maximum Gasteiger partial charge on any atom is 0.309 e. The number of hydrogen-bond acceptors (Lipinski definition) is 3. The van der Waals surface area contributed by atoms with Crippen LogP contribution >= 0.6 is 0 Å². The Kier molecular flexibility index (Phi) is 3.78. The van der Waals surface area contributed by atoms with Gasteiger partial charge in [-0.05, 0) is 37.8 Å². The van der Waals surface area contributed by atoms with Crippen LogP contribution in [-0.4, -0.2) is 23.1 Å². The number of fused-ring (bicyclic) bond motifs is 1. The van der Waals surface area contributed by atoms with Gasteiger partial charge in [-0.15, -0.1) is 0 Å². The topological polar surface area (TPSA) is 63.6 Å². The summed E-state index contributed by atoms with van der Waals surface area (Å²) in [4.78, 5) is 22.5. The predicted octanol–water partition coefficient (Wildman–Crippen LogP) is 2.70. The summed E-state index contributed by atoms with van der Waals surface area (Å²) in [6, 6.07) is 0. The van der Waals surface area contributed by atoms with Crippen molar-refractivity contribution in [2.75, 3.05) is 0 Å². The molecule has 4 nitrogen and oxygen atoms in total. The van der Waals surface area contributed by atoms with Crippen LogP contribution < -0.4 is 0 Å². The molecule has 0 aromatic carbocycles. The van der Waals surface area contributed by atoms with E-state index in [0.29, 0.717) is 0 Å². The third-order valence-electron chi connectivity index (χ3n) is 4.13. The van der Waals surface area contributed by atoms with Crippen LogP contribution in [0.4, 0.5) is 0 Å². The van der Waals surface area contributed by atoms with Crippen molar-refractivity contribution < 1.29 is 19.4 Å². The molecule has 0 aromatic rings. The first kappa shape index (κ1) is 13.8. The minimum Gasteiger partial charge on any atom is -0.481 e. The van der Waals surface area contributed by atoms with Gasteiger partial charge < -0.3 is 9.84 Å². The van der Waals surface area contributed by atoms with Crippen LogP contribution in [0.3, 0.4) is 0 Å². The largest absolute Gasteiger partial charge is 0.481 e. The van der Waals surface area contributed by atoms with Gasteiger partial charge in [-0.3, -0.25) is 9.59 Å². The average Bonchev–Trinajstić information content (AvgIpc) is 2.62. The maximum absolute atomic E-state index is 11.7. The lowest BCUT2D eigenvalue weighted by Crippen LogP contribution is -2.28. The number of carboxylic acid groups (broad SMARTS) is 1. The number of carbonyl (C=O) groups excluding carboxylic acids is 1. The molecule has 0 bridgehead atoms. The van der Waals surface area contributed by atoms with Gasteiger partial charge in [0.2, 0.25) is 0 Å². The highest BCUT2D eigenvalue weighted by atomic mass is 16.6. The molecule has 3 atom stereocenters. The molecular formula is C15H20O4. The number of hydrogen-bond donors (Lipinski definition) is 1. The summed E-state index contributed by atoms with van der Waals surface area (Å²) in [7, 11) is 0. The van der Waals surface area contributed by atoms with E-state index in [0.717, 1.165) is 24.0 Å². The fourth-order valence-corrected chi connectivity index (χ4v) is 3.05. The summed E-state index contributed by atoms with van der Waals surface area (Å²) in [5.74, 6) is -0.918. The van der Waals surface area contributed by atoms with Gasteiger partial charge in [-0.2, -0.15) is 0 Å². The van der Waals surface area contributed by atoms with Crippen molar-refractivity contribution in [2.45, 2.75) is 46.1 Å². The molecule has 104 valence electrons. The zero-order valence-corrected chi connectivity index (χ0v) is 11.6. The first-order chi connectivity index (χ1) is 8.91. The molecular weight excluding hydrogens is 244 g/mol. The number of rotatable bonds is 2. The summed E-state index contributed by atoms with van der Waals surface area (Å²) in [6.07, 6.45) is 3.27. The number of ether oxygens (including phenoxy) is 1. The molecule has 1 heterocycles. The van der Waals surface area contributed by atoms with Crippen LogP contribution in [0, 0.1) is 11.8 Å². The van der Waals surface area contributed by atoms with E-state index in [4.69, 9.17) is 9.84 Å². The van der Waals surface area contributed by atoms with Crippen molar-refractivity contribution in [3.05, 3.63) is 22.8 Å². The molecule has 0 aromatic heterocycles. The van der Waals surface area contributed by atoms with E-state index in [9.17, 15) is 9.59 Å². The normalized spacial score (nSPS) is 32.2. The maximum atomic E-state index is 11.7. The van der Waals surface area contributed by atoms with E-state index in [2.05, 4.69) is 0 Å². The highest BCUT2D eigenvalue weighted by molar-refractivity contribution is 5.76. The molecule has 2 rings (SSSR count). The zero-order valence-electron chi connectivity index (χ0n) is 11.6. The first-order valence-electron chi connectivity index (χ1n) is 6.71. The van der Waals surface area contributed by atoms with Crippen molar-refractivity contribution in [2.24, 2.45) is 11.8 Å². The molecule has 4 heteroatoms. The van der Waals surface area contributed by atoms with Crippen molar-refractivity contribution >= 4 is 11.9 Å². The average molecular weight is 264 g/mol. The Morgan fingerprint density at radius 3 is 2.74 bits per heavy atom. The number of carbonyl (C=O) groups is 2. The van der Waals surface area contributed by atoms with Gasteiger partial charge in [0.15, 0.2) is 0 Å². The third-order valence-corrected chi connectivity index (χ3v) is 4.13. The van der Waals surface area contributed by atoms with Gasteiger partial charge in [0.1, 0.15) is 6.10 Å². The lowest BCUT2D eigenvalue weighted by molar-refractivity contribution is -0.142. The predicted molar refractivity (Wildman–Crippen MR) is 70.5 cm³/mol. The summed E-state index contributed by atoms with van der Waals surface area (Å²) in [5, 5.41) is 8.85. The second-order valence-electron chi connectivity index (χ2n) is 5.58. The van der Waals surface area contributed by atoms with E-state index in [1.807, 2.05) is 20.8 Å². The van der Waals surface area contributed by atoms with Crippen molar-refractivity contribution in [1.82, 2.24) is 0 Å². The SMILES string of the molecule is CC(C)=C1CC[C@H]2[C@H](C)C(=O)O[C@@H]2/C1=C\CC(=O)O. The van der Waals surface area contributed by atoms with Crippen LogP contribution in [0.1, 0.15) is 40.0 Å². The smallest absolute Gasteiger partial charge is 0.309 e. The fourth-order valence-electron chi connectivity index (χ4n) is 3.05. The van der Waals surface area contributed by atoms with Crippen LogP contribution in [0.5, 0.6) is 0 Å². The van der Waals surface area contributed by atoms with E-state index < -0.39 is 5.97 Å². The molecule has 0 spiro atoms. The van der Waals surface area contributed by atoms with E-state index in [1.54, 1.807) is 6.08 Å². The summed E-state index contributed by atoms with van der Waals surface area (Å²) in [5.41, 5.74) is 3.24. The van der Waals surface area contributed by atoms with Crippen LogP contribution in [-0.2, 0) is 14.3 Å². The van der Waals surface area contributed by atoms with Crippen LogP contribution in [0.25, 0.3) is 0 Å². The molecule has 1 aliphatic carbocycles. The molecule has 1 aliphatic heterocycles. The molecule has 2 fully saturated rings. The second kappa shape index (κ2) is 5.19. The Morgan fingerprint density at radius 2 is 2.16 bits per heavy atom. The number of esters is 1. The van der Waals surface area contributed by atoms with Gasteiger partial charge >= 0.3 is 11.9 Å². The molecule has 0 radical (unpaired) electrons. The molecule has 1 saturated carbocycles. The van der Waals surface area contributed by atoms with Gasteiger partial charge in [-0.1, -0.05) is 18.6 Å². The highest BCUT2D eigenvalue weighted by Gasteiger charge is 2.46. The summed E-state index contributed by atoms with van der Waals surface area (Å²) >= 11 is 0. The molecule has 1 saturated heterocycles. The van der Waals surface area contributed by atoms with Crippen molar-refractivity contribution in [3.8, 4) is 0 Å². The Balaban J connectivity index is 2.36. The highest BCUT2D eigenvalue weighted by Crippen LogP contribution is 2.44. The minimum atomic E-state index is -0.861. The monoisotopic (exact) mass is 264 g/mol. The lowest BCUT2D eigenvalue weighted by atomic mass is 9.74. The number of carboxylic acids is 1. The van der Waals surface area contributed by atoms with E-state index in [-0.39, 0.29) is 30.3 Å². The first-order valence-corrected chi connectivity index (χ1v) is 6.71. The van der Waals surface area contributed by atoms with Crippen molar-refractivity contribution in [3.63, 3.8) is 0 Å². The Labute approximate surface area is 113 Å². The van der Waals surface area contributed by atoms with E-state index in [1.165, 1.54) is 5.57 Å². The molecule has 1 N–H and O–H groups in total. The van der Waals surface area contributed by atoms with Gasteiger partial charge in [0.25, 0.3) is 0 Å². The standard InChI is InChI=1S/C15H20O4/c1-8(2)10-4-5-11-9(3)15(18)19-14(11)12(10)6-7-13(16)17/h6,9,11,14H,4-5,7H2,1-3H3,(H,16,17)/b12-6-/t9-,11-,14-/m0/s1. The number of allylic oxidation sites excluding steroid dienone is 1. The fraction of sp³-hybridized carbons (Fsp3) is 0.600. The van der Waals surface area contributed by atoms with Gasteiger partial charge in [-0.25, -0.2) is 0 Å². The quantitative estimate of drug-likeness (QED) is 0.779. The molecule has 2 aliphatic rings. The summed E-state index contributed by atoms with van der Waals surface area (Å²) in [6.45, 7) is 5.93. The minimum absolute atomic E-state index is 0.0265. The Morgan fingerprint density at radius 1 is 1.47 bits per heavy atom. The van der Waals surface area contributed by atoms with E-state index >= 15 is 0 Å². The second-order valence-corrected chi connectivity index (χ2v) is 5.58. The van der Waals surface area contributed by atoms with Gasteiger partial charge in [0, 0.05) is 5.92 Å². The van der Waals surface area contributed by atoms with Gasteiger partial charge in [0.05, 0.1) is 12.3 Å². The zero-order chi connectivity index (χ0) is 14.2. The molecule has 0 unspecified atom stereocenters.